The zero-order valence-corrected chi connectivity index (χ0v) is 14.3. The Morgan fingerprint density at radius 3 is 2.41 bits per heavy atom. The van der Waals surface area contributed by atoms with Gasteiger partial charge in [-0.05, 0) is 37.0 Å². The fourth-order valence-electron chi connectivity index (χ4n) is 2.53. The molecule has 0 unspecified atom stereocenters. The summed E-state index contributed by atoms with van der Waals surface area (Å²) in [6, 6.07) is 4.93. The Hall–Kier alpha value is -1.26. The van der Waals surface area contributed by atoms with Gasteiger partial charge in [0.15, 0.2) is 0 Å². The molecule has 1 fully saturated rings. The van der Waals surface area contributed by atoms with Crippen LogP contribution in [0.3, 0.4) is 0 Å². The number of amides is 2. The van der Waals surface area contributed by atoms with Crippen LogP contribution in [0.2, 0.25) is 10.0 Å². The van der Waals surface area contributed by atoms with E-state index in [1.54, 1.807) is 18.2 Å². The van der Waals surface area contributed by atoms with Crippen molar-refractivity contribution < 1.29 is 9.59 Å². The Labute approximate surface area is 141 Å². The van der Waals surface area contributed by atoms with E-state index in [0.717, 1.165) is 25.9 Å². The molecule has 0 N–H and O–H groups in total. The summed E-state index contributed by atoms with van der Waals surface area (Å²) in [6.45, 7) is 5.18. The van der Waals surface area contributed by atoms with E-state index < -0.39 is 0 Å². The predicted molar refractivity (Wildman–Crippen MR) is 89.5 cm³/mol. The summed E-state index contributed by atoms with van der Waals surface area (Å²) in [7, 11) is 0. The number of nitrogens with zero attached hydrogens (tertiary/aromatic N) is 2. The van der Waals surface area contributed by atoms with Crippen molar-refractivity contribution in [2.75, 3.05) is 24.5 Å². The summed E-state index contributed by atoms with van der Waals surface area (Å²) in [4.78, 5) is 27.6. The minimum absolute atomic E-state index is 0.0294. The topological polar surface area (TPSA) is 40.6 Å². The second-order valence-corrected chi connectivity index (χ2v) is 6.58. The minimum Gasteiger partial charge on any atom is -0.341 e. The first-order chi connectivity index (χ1) is 10.4. The van der Waals surface area contributed by atoms with Gasteiger partial charge in [0.05, 0.1) is 10.0 Å². The van der Waals surface area contributed by atoms with Gasteiger partial charge in [0.1, 0.15) is 6.54 Å². The second kappa shape index (κ2) is 7.34. The molecular weight excluding hydrogens is 323 g/mol. The van der Waals surface area contributed by atoms with Crippen LogP contribution in [-0.2, 0) is 9.59 Å². The zero-order valence-electron chi connectivity index (χ0n) is 12.8. The van der Waals surface area contributed by atoms with Gasteiger partial charge in [0, 0.05) is 25.7 Å². The van der Waals surface area contributed by atoms with Crippen LogP contribution >= 0.6 is 23.2 Å². The Morgan fingerprint density at radius 2 is 1.86 bits per heavy atom. The highest BCUT2D eigenvalue weighted by molar-refractivity contribution is 6.42. The van der Waals surface area contributed by atoms with Crippen LogP contribution in [-0.4, -0.2) is 36.3 Å². The van der Waals surface area contributed by atoms with Crippen molar-refractivity contribution >= 4 is 40.7 Å². The van der Waals surface area contributed by atoms with Crippen LogP contribution in [0.25, 0.3) is 0 Å². The molecular formula is C16H20Cl2N2O2. The summed E-state index contributed by atoms with van der Waals surface area (Å²) in [5.41, 5.74) is 0.584. The first-order valence-corrected chi connectivity index (χ1v) is 8.15. The van der Waals surface area contributed by atoms with Gasteiger partial charge >= 0.3 is 0 Å². The molecule has 1 aromatic rings. The molecule has 0 aromatic heterocycles. The van der Waals surface area contributed by atoms with E-state index in [0.29, 0.717) is 21.7 Å². The third-order valence-corrected chi connectivity index (χ3v) is 4.76. The molecule has 4 nitrogen and oxygen atoms in total. The highest BCUT2D eigenvalue weighted by atomic mass is 35.5. The van der Waals surface area contributed by atoms with E-state index >= 15 is 0 Å². The number of halogens is 2. The molecule has 6 heteroatoms. The van der Waals surface area contributed by atoms with Crippen molar-refractivity contribution in [2.45, 2.75) is 26.7 Å². The molecule has 1 heterocycles. The number of hydrogen-bond donors (Lipinski definition) is 0. The van der Waals surface area contributed by atoms with Crippen LogP contribution in [0.15, 0.2) is 18.2 Å². The van der Waals surface area contributed by atoms with Gasteiger partial charge in [0.25, 0.3) is 0 Å². The largest absolute Gasteiger partial charge is 0.341 e. The third kappa shape index (κ3) is 4.14. The molecule has 2 rings (SSSR count). The zero-order chi connectivity index (χ0) is 16.3. The predicted octanol–water partition coefficient (Wildman–Crippen LogP) is 3.60. The summed E-state index contributed by atoms with van der Waals surface area (Å²) in [6.07, 6.45) is 2.02. The molecule has 0 atom stereocenters. The van der Waals surface area contributed by atoms with Crippen molar-refractivity contribution in [1.82, 2.24) is 4.90 Å². The van der Waals surface area contributed by atoms with Crippen LogP contribution in [0, 0.1) is 5.92 Å². The van der Waals surface area contributed by atoms with Crippen molar-refractivity contribution in [3.63, 3.8) is 0 Å². The fourth-order valence-corrected chi connectivity index (χ4v) is 2.82. The summed E-state index contributed by atoms with van der Waals surface area (Å²) in [5, 5.41) is 0.787. The van der Waals surface area contributed by atoms with E-state index in [2.05, 4.69) is 6.92 Å². The molecule has 1 aliphatic heterocycles. The average Bonchev–Trinajstić information content (AvgIpc) is 2.48. The smallest absolute Gasteiger partial charge is 0.242 e. The number of carbonyl (C=O) groups excluding carboxylic acids is 2. The van der Waals surface area contributed by atoms with Gasteiger partial charge in [-0.1, -0.05) is 30.1 Å². The van der Waals surface area contributed by atoms with Gasteiger partial charge < -0.3 is 9.80 Å². The van der Waals surface area contributed by atoms with E-state index in [-0.39, 0.29) is 18.4 Å². The van der Waals surface area contributed by atoms with Crippen molar-refractivity contribution in [3.05, 3.63) is 28.2 Å². The summed E-state index contributed by atoms with van der Waals surface area (Å²) < 4.78 is 0. The van der Waals surface area contributed by atoms with Crippen LogP contribution in [0.5, 0.6) is 0 Å². The maximum absolute atomic E-state index is 12.4. The van der Waals surface area contributed by atoms with Crippen LogP contribution in [0.4, 0.5) is 5.69 Å². The molecule has 22 heavy (non-hydrogen) atoms. The molecule has 0 aliphatic carbocycles. The lowest BCUT2D eigenvalue weighted by atomic mass is 9.99. The van der Waals surface area contributed by atoms with E-state index in [1.165, 1.54) is 11.8 Å². The van der Waals surface area contributed by atoms with Gasteiger partial charge in [-0.2, -0.15) is 0 Å². The van der Waals surface area contributed by atoms with Gasteiger partial charge in [-0.25, -0.2) is 0 Å². The lowest BCUT2D eigenvalue weighted by molar-refractivity contribution is -0.132. The third-order valence-electron chi connectivity index (χ3n) is 4.02. The van der Waals surface area contributed by atoms with E-state index in [9.17, 15) is 9.59 Å². The number of anilines is 1. The molecule has 2 amide bonds. The first-order valence-electron chi connectivity index (χ1n) is 7.39. The standard InChI is InChI=1S/C16H20Cl2N2O2/c1-11-5-7-19(8-6-11)16(22)10-20(12(2)21)13-3-4-14(17)15(18)9-13/h3-4,9,11H,5-8,10H2,1-2H3. The highest BCUT2D eigenvalue weighted by Gasteiger charge is 2.24. The average molecular weight is 343 g/mol. The van der Waals surface area contributed by atoms with Gasteiger partial charge in [-0.3, -0.25) is 9.59 Å². The number of benzene rings is 1. The van der Waals surface area contributed by atoms with Crippen LogP contribution < -0.4 is 4.90 Å². The molecule has 1 aliphatic rings. The van der Waals surface area contributed by atoms with Crippen molar-refractivity contribution in [2.24, 2.45) is 5.92 Å². The summed E-state index contributed by atoms with van der Waals surface area (Å²) in [5.74, 6) is 0.424. The molecule has 1 aromatic carbocycles. The SMILES string of the molecule is CC(=O)N(CC(=O)N1CCC(C)CC1)c1ccc(Cl)c(Cl)c1. The lowest BCUT2D eigenvalue weighted by Gasteiger charge is -2.32. The van der Waals surface area contributed by atoms with Crippen molar-refractivity contribution in [3.8, 4) is 0 Å². The van der Waals surface area contributed by atoms with Crippen LogP contribution in [0.1, 0.15) is 26.7 Å². The number of carbonyl (C=O) groups is 2. The Balaban J connectivity index is 2.10. The monoisotopic (exact) mass is 342 g/mol. The molecule has 0 radical (unpaired) electrons. The normalized spacial score (nSPS) is 15.7. The maximum Gasteiger partial charge on any atom is 0.242 e. The van der Waals surface area contributed by atoms with E-state index in [4.69, 9.17) is 23.2 Å². The van der Waals surface area contributed by atoms with Gasteiger partial charge in [-0.15, -0.1) is 0 Å². The number of piperidine rings is 1. The molecule has 120 valence electrons. The molecule has 0 bridgehead atoms. The number of hydrogen-bond acceptors (Lipinski definition) is 2. The van der Waals surface area contributed by atoms with E-state index in [1.807, 2.05) is 4.90 Å². The minimum atomic E-state index is -0.197. The fraction of sp³-hybridized carbons (Fsp3) is 0.500. The number of likely N-dealkylation sites (tertiary alicyclic amines) is 1. The quantitative estimate of drug-likeness (QED) is 0.841. The Kier molecular flexibility index (Phi) is 5.70. The Morgan fingerprint density at radius 1 is 1.23 bits per heavy atom. The Bertz CT molecular complexity index is 569. The lowest BCUT2D eigenvalue weighted by Crippen LogP contribution is -2.45. The highest BCUT2D eigenvalue weighted by Crippen LogP contribution is 2.27. The molecule has 0 saturated carbocycles. The van der Waals surface area contributed by atoms with Gasteiger partial charge in [0.2, 0.25) is 11.8 Å². The maximum atomic E-state index is 12.4. The number of rotatable bonds is 3. The summed E-state index contributed by atoms with van der Waals surface area (Å²) >= 11 is 11.9. The first kappa shape index (κ1) is 17.1. The molecule has 1 saturated heterocycles. The van der Waals surface area contributed by atoms with Crippen molar-refractivity contribution in [1.29, 1.82) is 0 Å². The molecule has 0 spiro atoms. The second-order valence-electron chi connectivity index (χ2n) is 5.77.